The van der Waals surface area contributed by atoms with Gasteiger partial charge in [0.05, 0.1) is 11.7 Å². The lowest BCUT2D eigenvalue weighted by Crippen LogP contribution is -2.13. The van der Waals surface area contributed by atoms with Crippen molar-refractivity contribution in [3.05, 3.63) is 30.6 Å². The number of aromatic nitrogens is 4. The molecule has 3 aromatic rings. The molecule has 1 aliphatic carbocycles. The summed E-state index contributed by atoms with van der Waals surface area (Å²) in [6.07, 6.45) is 5.18. The summed E-state index contributed by atoms with van der Waals surface area (Å²) in [7, 11) is 0. The maximum Gasteiger partial charge on any atom is 0.228 e. The molecule has 7 heteroatoms. The van der Waals surface area contributed by atoms with Crippen molar-refractivity contribution in [3.8, 4) is 17.0 Å². The highest BCUT2D eigenvalue weighted by molar-refractivity contribution is 5.93. The Morgan fingerprint density at radius 1 is 1.43 bits per heavy atom. The van der Waals surface area contributed by atoms with Crippen molar-refractivity contribution in [1.82, 2.24) is 19.4 Å². The van der Waals surface area contributed by atoms with Crippen LogP contribution in [0.25, 0.3) is 16.8 Å². The number of aromatic hydroxyl groups is 1. The van der Waals surface area contributed by atoms with Crippen molar-refractivity contribution in [2.24, 2.45) is 5.92 Å². The lowest BCUT2D eigenvalue weighted by Gasteiger charge is -2.05. The van der Waals surface area contributed by atoms with Crippen LogP contribution >= 0.6 is 0 Å². The van der Waals surface area contributed by atoms with Crippen molar-refractivity contribution < 1.29 is 9.90 Å². The van der Waals surface area contributed by atoms with E-state index in [0.29, 0.717) is 18.1 Å². The van der Waals surface area contributed by atoms with Crippen LogP contribution in [0.2, 0.25) is 0 Å². The number of carbonyl (C=O) groups excluding carboxylic acids is 1. The third-order valence-electron chi connectivity index (χ3n) is 4.06. The van der Waals surface area contributed by atoms with Crippen LogP contribution in [-0.2, 0) is 11.3 Å². The maximum atomic E-state index is 11.8. The molecule has 2 N–H and O–H groups in total. The number of hydrogen-bond donors (Lipinski definition) is 2. The van der Waals surface area contributed by atoms with Crippen molar-refractivity contribution >= 4 is 17.2 Å². The van der Waals surface area contributed by atoms with E-state index in [1.165, 1.54) is 6.20 Å². The Bertz CT molecular complexity index is 891. The zero-order valence-corrected chi connectivity index (χ0v) is 12.7. The van der Waals surface area contributed by atoms with Gasteiger partial charge in [-0.05, 0) is 31.9 Å². The van der Waals surface area contributed by atoms with Crippen molar-refractivity contribution in [2.45, 2.75) is 26.3 Å². The second-order valence-electron chi connectivity index (χ2n) is 5.77. The molecule has 23 heavy (non-hydrogen) atoms. The summed E-state index contributed by atoms with van der Waals surface area (Å²) in [4.78, 5) is 11.8. The number of fused-ring (bicyclic) bond motifs is 1. The van der Waals surface area contributed by atoms with Gasteiger partial charge in [0, 0.05) is 30.3 Å². The number of rotatable bonds is 4. The Morgan fingerprint density at radius 2 is 2.26 bits per heavy atom. The lowest BCUT2D eigenvalue weighted by molar-refractivity contribution is -0.117. The van der Waals surface area contributed by atoms with E-state index in [1.54, 1.807) is 9.20 Å². The van der Waals surface area contributed by atoms with E-state index in [0.717, 1.165) is 23.9 Å². The number of amides is 1. The minimum Gasteiger partial charge on any atom is -0.504 e. The third-order valence-corrected chi connectivity index (χ3v) is 4.06. The van der Waals surface area contributed by atoms with Crippen LogP contribution in [0, 0.1) is 5.92 Å². The Kier molecular flexibility index (Phi) is 3.07. The molecule has 0 saturated heterocycles. The molecule has 0 radical (unpaired) electrons. The predicted molar refractivity (Wildman–Crippen MR) is 85.1 cm³/mol. The van der Waals surface area contributed by atoms with Gasteiger partial charge in [0.2, 0.25) is 5.91 Å². The number of pyridine rings is 1. The minimum absolute atomic E-state index is 0.0373. The summed E-state index contributed by atoms with van der Waals surface area (Å²) in [5.41, 5.74) is 2.38. The van der Waals surface area contributed by atoms with Gasteiger partial charge >= 0.3 is 0 Å². The molecule has 0 spiro atoms. The van der Waals surface area contributed by atoms with Gasteiger partial charge in [0.1, 0.15) is 5.69 Å². The number of nitrogens with zero attached hydrogens (tertiary/aromatic N) is 4. The molecule has 0 aliphatic heterocycles. The summed E-state index contributed by atoms with van der Waals surface area (Å²) in [6, 6.07) is 5.62. The topological polar surface area (TPSA) is 84.4 Å². The van der Waals surface area contributed by atoms with E-state index in [4.69, 9.17) is 0 Å². The quantitative estimate of drug-likeness (QED) is 0.774. The largest absolute Gasteiger partial charge is 0.504 e. The van der Waals surface area contributed by atoms with Crippen LogP contribution in [0.15, 0.2) is 30.6 Å². The molecular formula is C16H17N5O2. The summed E-state index contributed by atoms with van der Waals surface area (Å²) < 4.78 is 3.45. The normalized spacial score (nSPS) is 14.3. The summed E-state index contributed by atoms with van der Waals surface area (Å²) in [6.45, 7) is 2.64. The minimum atomic E-state index is 0.0373. The van der Waals surface area contributed by atoms with Gasteiger partial charge in [-0.2, -0.15) is 10.2 Å². The molecule has 0 aromatic carbocycles. The van der Waals surface area contributed by atoms with Crippen LogP contribution < -0.4 is 5.32 Å². The molecule has 0 bridgehead atoms. The molecule has 118 valence electrons. The fourth-order valence-corrected chi connectivity index (χ4v) is 2.69. The standard InChI is InChI=1S/C16H17N5O2/c1-2-20-15(13(22)9-17-20)11-5-6-21-12(7-11)8-14(19-21)18-16(23)10-3-4-10/h5-10,22H,2-4H2,1H3,(H,18,19,23). The first kappa shape index (κ1) is 13.8. The molecule has 1 aliphatic rings. The molecular weight excluding hydrogens is 294 g/mol. The second-order valence-corrected chi connectivity index (χ2v) is 5.77. The Labute approximate surface area is 132 Å². The highest BCUT2D eigenvalue weighted by atomic mass is 16.3. The Balaban J connectivity index is 1.70. The van der Waals surface area contributed by atoms with Crippen LogP contribution in [0.1, 0.15) is 19.8 Å². The van der Waals surface area contributed by atoms with E-state index in [9.17, 15) is 9.90 Å². The van der Waals surface area contributed by atoms with Gasteiger partial charge in [0.25, 0.3) is 0 Å². The summed E-state index contributed by atoms with van der Waals surface area (Å²) in [5, 5.41) is 21.4. The molecule has 0 unspecified atom stereocenters. The first-order valence-electron chi connectivity index (χ1n) is 7.71. The second kappa shape index (κ2) is 5.12. The van der Waals surface area contributed by atoms with Crippen LogP contribution in [0.4, 0.5) is 5.82 Å². The Hall–Kier alpha value is -2.83. The van der Waals surface area contributed by atoms with E-state index in [-0.39, 0.29) is 17.6 Å². The summed E-state index contributed by atoms with van der Waals surface area (Å²) >= 11 is 0. The molecule has 0 atom stereocenters. The monoisotopic (exact) mass is 311 g/mol. The zero-order valence-electron chi connectivity index (χ0n) is 12.7. The van der Waals surface area contributed by atoms with E-state index in [1.807, 2.05) is 31.3 Å². The maximum absolute atomic E-state index is 11.8. The number of anilines is 1. The highest BCUT2D eigenvalue weighted by Gasteiger charge is 2.30. The highest BCUT2D eigenvalue weighted by Crippen LogP contribution is 2.31. The van der Waals surface area contributed by atoms with Gasteiger partial charge in [-0.1, -0.05) is 0 Å². The fraction of sp³-hybridized carbons (Fsp3) is 0.312. The lowest BCUT2D eigenvalue weighted by atomic mass is 10.1. The Morgan fingerprint density at radius 3 is 3.00 bits per heavy atom. The van der Waals surface area contributed by atoms with E-state index >= 15 is 0 Å². The molecule has 1 amide bonds. The van der Waals surface area contributed by atoms with Crippen molar-refractivity contribution in [2.75, 3.05) is 5.32 Å². The number of hydrogen-bond acceptors (Lipinski definition) is 4. The van der Waals surface area contributed by atoms with Gasteiger partial charge in [-0.3, -0.25) is 9.48 Å². The third kappa shape index (κ3) is 2.44. The molecule has 7 nitrogen and oxygen atoms in total. The van der Waals surface area contributed by atoms with Crippen LogP contribution in [-0.4, -0.2) is 30.4 Å². The average molecular weight is 311 g/mol. The number of carbonyl (C=O) groups is 1. The molecule has 1 saturated carbocycles. The first-order chi connectivity index (χ1) is 11.2. The SMILES string of the molecule is CCn1ncc(O)c1-c1ccn2nc(NC(=O)C3CC3)cc2c1. The number of nitrogens with one attached hydrogen (secondary N) is 1. The fourth-order valence-electron chi connectivity index (χ4n) is 2.69. The van der Waals surface area contributed by atoms with Gasteiger partial charge < -0.3 is 10.4 Å². The van der Waals surface area contributed by atoms with E-state index < -0.39 is 0 Å². The molecule has 1 fully saturated rings. The number of aryl methyl sites for hydroxylation is 1. The average Bonchev–Trinajstić information content (AvgIpc) is 3.22. The zero-order chi connectivity index (χ0) is 16.0. The van der Waals surface area contributed by atoms with Crippen molar-refractivity contribution in [3.63, 3.8) is 0 Å². The van der Waals surface area contributed by atoms with Gasteiger partial charge in [0.15, 0.2) is 11.6 Å². The smallest absolute Gasteiger partial charge is 0.228 e. The van der Waals surface area contributed by atoms with Gasteiger partial charge in [-0.25, -0.2) is 4.52 Å². The predicted octanol–water partition coefficient (Wildman–Crippen LogP) is 2.27. The van der Waals surface area contributed by atoms with Crippen LogP contribution in [0.5, 0.6) is 5.75 Å². The van der Waals surface area contributed by atoms with Crippen molar-refractivity contribution in [1.29, 1.82) is 0 Å². The molecule has 4 rings (SSSR count). The van der Waals surface area contributed by atoms with Crippen LogP contribution in [0.3, 0.4) is 0 Å². The first-order valence-corrected chi connectivity index (χ1v) is 7.71. The van der Waals surface area contributed by atoms with E-state index in [2.05, 4.69) is 15.5 Å². The van der Waals surface area contributed by atoms with Gasteiger partial charge in [-0.15, -0.1) is 0 Å². The summed E-state index contributed by atoms with van der Waals surface area (Å²) in [5.74, 6) is 0.881. The molecule has 3 heterocycles. The molecule has 3 aromatic heterocycles.